The summed E-state index contributed by atoms with van der Waals surface area (Å²) in [6, 6.07) is 8.16. The molecular formula is C18H21N3O2. The van der Waals surface area contributed by atoms with Crippen LogP contribution in [0.2, 0.25) is 0 Å². The van der Waals surface area contributed by atoms with Crippen LogP contribution in [0, 0.1) is 0 Å². The second kappa shape index (κ2) is 5.81. The van der Waals surface area contributed by atoms with Crippen molar-refractivity contribution >= 4 is 10.9 Å². The molecule has 4 rings (SSSR count). The van der Waals surface area contributed by atoms with Gasteiger partial charge >= 0.3 is 0 Å². The minimum Gasteiger partial charge on any atom is -0.385 e. The third-order valence-electron chi connectivity index (χ3n) is 5.06. The first-order valence-electron chi connectivity index (χ1n) is 8.22. The smallest absolute Gasteiger partial charge is 0.233 e. The topological polar surface area (TPSA) is 63.9 Å². The Morgan fingerprint density at radius 3 is 2.96 bits per heavy atom. The molecule has 0 spiro atoms. The number of rotatable bonds is 5. The van der Waals surface area contributed by atoms with Crippen LogP contribution in [0.1, 0.15) is 38.0 Å². The number of hydrogen-bond donors (Lipinski definition) is 1. The Morgan fingerprint density at radius 1 is 1.26 bits per heavy atom. The molecule has 1 N–H and O–H groups in total. The molecule has 1 aliphatic carbocycles. The van der Waals surface area contributed by atoms with Crippen molar-refractivity contribution in [2.24, 2.45) is 0 Å². The fourth-order valence-electron chi connectivity index (χ4n) is 3.75. The van der Waals surface area contributed by atoms with Gasteiger partial charge in [0.2, 0.25) is 11.7 Å². The molecule has 23 heavy (non-hydrogen) atoms. The quantitative estimate of drug-likeness (QED) is 0.771. The lowest BCUT2D eigenvalue weighted by atomic mass is 9.83. The van der Waals surface area contributed by atoms with Crippen LogP contribution in [0.25, 0.3) is 22.3 Å². The summed E-state index contributed by atoms with van der Waals surface area (Å²) in [5.74, 6) is 1.45. The molecule has 0 amide bonds. The lowest BCUT2D eigenvalue weighted by Crippen LogP contribution is -2.24. The number of fused-ring (bicyclic) bond motifs is 1. The van der Waals surface area contributed by atoms with Gasteiger partial charge in [0.05, 0.1) is 5.41 Å². The first-order chi connectivity index (χ1) is 11.3. The number of hydrogen-bond acceptors (Lipinski definition) is 4. The van der Waals surface area contributed by atoms with E-state index in [9.17, 15) is 0 Å². The molecule has 1 fully saturated rings. The molecule has 5 nitrogen and oxygen atoms in total. The van der Waals surface area contributed by atoms with E-state index in [1.807, 2.05) is 18.3 Å². The Labute approximate surface area is 135 Å². The van der Waals surface area contributed by atoms with Gasteiger partial charge in [-0.3, -0.25) is 0 Å². The molecule has 5 heteroatoms. The van der Waals surface area contributed by atoms with Crippen molar-refractivity contribution in [2.75, 3.05) is 13.7 Å². The van der Waals surface area contributed by atoms with Gasteiger partial charge in [0, 0.05) is 36.4 Å². The lowest BCUT2D eigenvalue weighted by molar-refractivity contribution is 0.152. The van der Waals surface area contributed by atoms with E-state index < -0.39 is 0 Å². The summed E-state index contributed by atoms with van der Waals surface area (Å²) < 4.78 is 11.0. The van der Waals surface area contributed by atoms with Gasteiger partial charge in [-0.05, 0) is 31.4 Å². The second-order valence-corrected chi connectivity index (χ2v) is 6.40. The maximum atomic E-state index is 5.70. The number of methoxy groups -OCH3 is 1. The largest absolute Gasteiger partial charge is 0.385 e. The van der Waals surface area contributed by atoms with E-state index in [1.54, 1.807) is 7.11 Å². The normalized spacial score (nSPS) is 17.1. The molecule has 2 aromatic heterocycles. The highest BCUT2D eigenvalue weighted by atomic mass is 16.5. The lowest BCUT2D eigenvalue weighted by Gasteiger charge is -2.23. The Bertz CT molecular complexity index is 799. The van der Waals surface area contributed by atoms with Gasteiger partial charge in [-0.25, -0.2) is 0 Å². The van der Waals surface area contributed by atoms with Crippen LogP contribution in [0.3, 0.4) is 0 Å². The van der Waals surface area contributed by atoms with Crippen LogP contribution < -0.4 is 0 Å². The zero-order valence-electron chi connectivity index (χ0n) is 13.3. The summed E-state index contributed by atoms with van der Waals surface area (Å²) in [6.45, 7) is 0.727. The Balaban J connectivity index is 1.72. The van der Waals surface area contributed by atoms with E-state index in [0.717, 1.165) is 48.2 Å². The van der Waals surface area contributed by atoms with Crippen LogP contribution in [0.15, 0.2) is 35.0 Å². The predicted octanol–water partition coefficient (Wildman–Crippen LogP) is 4.07. The number of aromatic amines is 1. The Morgan fingerprint density at radius 2 is 2.13 bits per heavy atom. The molecular weight excluding hydrogens is 290 g/mol. The maximum Gasteiger partial charge on any atom is 0.233 e. The number of benzene rings is 1. The van der Waals surface area contributed by atoms with E-state index in [4.69, 9.17) is 14.2 Å². The zero-order chi connectivity index (χ0) is 15.7. The predicted molar refractivity (Wildman–Crippen MR) is 88.2 cm³/mol. The van der Waals surface area contributed by atoms with Gasteiger partial charge in [-0.1, -0.05) is 30.1 Å². The fourth-order valence-corrected chi connectivity index (χ4v) is 3.75. The number of ether oxygens (including phenoxy) is 1. The standard InChI is InChI=1S/C18H21N3O2/c1-22-12-10-18(8-2-3-9-18)17-20-16(21-23-17)14-5-4-6-15-13(14)7-11-19-15/h4-7,11,19H,2-3,8-10,12H2,1H3. The minimum atomic E-state index is -0.00664. The molecule has 1 aliphatic rings. The van der Waals surface area contributed by atoms with Crippen molar-refractivity contribution in [1.82, 2.24) is 15.1 Å². The number of nitrogens with zero attached hydrogens (tertiary/aromatic N) is 2. The molecule has 120 valence electrons. The second-order valence-electron chi connectivity index (χ2n) is 6.40. The maximum absolute atomic E-state index is 5.70. The van der Waals surface area contributed by atoms with Gasteiger partial charge in [-0.15, -0.1) is 0 Å². The summed E-state index contributed by atoms with van der Waals surface area (Å²) >= 11 is 0. The molecule has 0 radical (unpaired) electrons. The Hall–Kier alpha value is -2.14. The van der Waals surface area contributed by atoms with E-state index in [2.05, 4.69) is 22.3 Å². The highest BCUT2D eigenvalue weighted by Gasteiger charge is 2.40. The zero-order valence-corrected chi connectivity index (χ0v) is 13.3. The van der Waals surface area contributed by atoms with Crippen molar-refractivity contribution in [2.45, 2.75) is 37.5 Å². The monoisotopic (exact) mass is 311 g/mol. The van der Waals surface area contributed by atoms with E-state index >= 15 is 0 Å². The molecule has 0 aliphatic heterocycles. The molecule has 2 heterocycles. The molecule has 0 unspecified atom stereocenters. The summed E-state index contributed by atoms with van der Waals surface area (Å²) in [5, 5.41) is 5.40. The summed E-state index contributed by atoms with van der Waals surface area (Å²) in [4.78, 5) is 7.99. The minimum absolute atomic E-state index is 0.00664. The third-order valence-corrected chi connectivity index (χ3v) is 5.06. The SMILES string of the molecule is COCCC1(c2nc(-c3cccc4[nH]ccc34)no2)CCCC1. The third kappa shape index (κ3) is 2.45. The average molecular weight is 311 g/mol. The highest BCUT2D eigenvalue weighted by Crippen LogP contribution is 2.43. The highest BCUT2D eigenvalue weighted by molar-refractivity contribution is 5.93. The van der Waals surface area contributed by atoms with E-state index in [1.165, 1.54) is 12.8 Å². The summed E-state index contributed by atoms with van der Waals surface area (Å²) in [7, 11) is 1.74. The molecule has 0 saturated heterocycles. The number of aromatic nitrogens is 3. The molecule has 0 atom stereocenters. The first-order valence-corrected chi connectivity index (χ1v) is 8.22. The van der Waals surface area contributed by atoms with Crippen molar-refractivity contribution in [1.29, 1.82) is 0 Å². The van der Waals surface area contributed by atoms with Crippen molar-refractivity contribution in [3.63, 3.8) is 0 Å². The van der Waals surface area contributed by atoms with Crippen molar-refractivity contribution in [3.8, 4) is 11.4 Å². The first kappa shape index (κ1) is 14.5. The number of H-pyrrole nitrogens is 1. The van der Waals surface area contributed by atoms with Crippen molar-refractivity contribution in [3.05, 3.63) is 36.4 Å². The van der Waals surface area contributed by atoms with Crippen LogP contribution in [0.4, 0.5) is 0 Å². The average Bonchev–Trinajstić information content (AvgIpc) is 3.31. The van der Waals surface area contributed by atoms with E-state index in [0.29, 0.717) is 5.82 Å². The van der Waals surface area contributed by atoms with Gasteiger partial charge in [0.15, 0.2) is 0 Å². The van der Waals surface area contributed by atoms with Gasteiger partial charge < -0.3 is 14.2 Å². The molecule has 1 saturated carbocycles. The van der Waals surface area contributed by atoms with Crippen LogP contribution >= 0.6 is 0 Å². The van der Waals surface area contributed by atoms with Crippen LogP contribution in [-0.4, -0.2) is 28.8 Å². The van der Waals surface area contributed by atoms with Gasteiger partial charge in [-0.2, -0.15) is 4.98 Å². The van der Waals surface area contributed by atoms with Gasteiger partial charge in [0.25, 0.3) is 0 Å². The van der Waals surface area contributed by atoms with Crippen LogP contribution in [0.5, 0.6) is 0 Å². The summed E-state index contributed by atoms with van der Waals surface area (Å²) in [6.07, 6.45) is 7.52. The summed E-state index contributed by atoms with van der Waals surface area (Å²) in [5.41, 5.74) is 2.09. The molecule has 1 aromatic carbocycles. The van der Waals surface area contributed by atoms with Gasteiger partial charge in [0.1, 0.15) is 0 Å². The number of nitrogens with one attached hydrogen (secondary N) is 1. The molecule has 0 bridgehead atoms. The fraction of sp³-hybridized carbons (Fsp3) is 0.444. The Kier molecular flexibility index (Phi) is 3.65. The van der Waals surface area contributed by atoms with E-state index in [-0.39, 0.29) is 5.41 Å². The molecule has 3 aromatic rings. The van der Waals surface area contributed by atoms with Crippen molar-refractivity contribution < 1.29 is 9.26 Å². The van der Waals surface area contributed by atoms with Crippen LogP contribution in [-0.2, 0) is 10.2 Å².